The Kier molecular flexibility index (Phi) is 8.91. The Morgan fingerprint density at radius 2 is 1.15 bits per heavy atom. The van der Waals surface area contributed by atoms with E-state index in [1.54, 1.807) is 28.1 Å². The van der Waals surface area contributed by atoms with E-state index < -0.39 is 11.9 Å². The Bertz CT molecular complexity index is 903. The van der Waals surface area contributed by atoms with Crippen molar-refractivity contribution in [2.75, 3.05) is 14.2 Å². The van der Waals surface area contributed by atoms with Gasteiger partial charge in [-0.1, -0.05) is 33.4 Å². The molecular formula is C27H36O6. The van der Waals surface area contributed by atoms with Gasteiger partial charge in [-0.15, -0.1) is 0 Å². The van der Waals surface area contributed by atoms with Crippen LogP contribution in [0.5, 0.6) is 11.5 Å². The molecule has 0 heterocycles. The zero-order chi connectivity index (χ0) is 23.4. The molecule has 2 aromatic rings. The number of rotatable bonds is 6. The third kappa shape index (κ3) is 5.67. The van der Waals surface area contributed by atoms with E-state index in [-0.39, 0.29) is 31.1 Å². The Morgan fingerprint density at radius 3 is 1.45 bits per heavy atom. The number of aryl methyl sites for hydroxylation is 2. The minimum Gasteiger partial charge on any atom is -0.497 e. The fraction of sp³-hybridized carbons (Fsp3) is 0.481. The van der Waals surface area contributed by atoms with Crippen LogP contribution in [0, 0.1) is 11.8 Å². The summed E-state index contributed by atoms with van der Waals surface area (Å²) in [5.41, 5.74) is 4.82. The molecule has 2 N–H and O–H groups in total. The summed E-state index contributed by atoms with van der Waals surface area (Å²) in [6, 6.07) is 11.9. The monoisotopic (exact) mass is 456 g/mol. The predicted molar refractivity (Wildman–Crippen MR) is 128 cm³/mol. The Labute approximate surface area is 196 Å². The van der Waals surface area contributed by atoms with Crippen LogP contribution in [0.25, 0.3) is 0 Å². The van der Waals surface area contributed by atoms with E-state index in [1.165, 1.54) is 22.3 Å². The second kappa shape index (κ2) is 11.2. The molecule has 0 amide bonds. The fourth-order valence-electron chi connectivity index (χ4n) is 4.89. The van der Waals surface area contributed by atoms with Crippen molar-refractivity contribution in [2.45, 2.75) is 58.8 Å². The molecule has 0 radical (unpaired) electrons. The van der Waals surface area contributed by atoms with Crippen molar-refractivity contribution in [3.63, 3.8) is 0 Å². The van der Waals surface area contributed by atoms with Gasteiger partial charge in [0, 0.05) is 0 Å². The van der Waals surface area contributed by atoms with E-state index in [0.29, 0.717) is 0 Å². The van der Waals surface area contributed by atoms with Gasteiger partial charge in [0.2, 0.25) is 0 Å². The van der Waals surface area contributed by atoms with Crippen LogP contribution in [-0.4, -0.2) is 36.4 Å². The third-order valence-corrected chi connectivity index (χ3v) is 6.93. The summed E-state index contributed by atoms with van der Waals surface area (Å²) in [6.45, 7) is 3.57. The number of aliphatic carboxylic acids is 2. The zero-order valence-electron chi connectivity index (χ0n) is 19.1. The third-order valence-electron chi connectivity index (χ3n) is 6.93. The summed E-state index contributed by atoms with van der Waals surface area (Å²) in [4.78, 5) is 22.0. The first-order valence-electron chi connectivity index (χ1n) is 11.1. The molecule has 0 saturated carbocycles. The molecule has 0 bridgehead atoms. The van der Waals surface area contributed by atoms with Crippen molar-refractivity contribution in [1.82, 2.24) is 0 Å². The standard InChI is InChI=1S/2C13H16O3.CH4/c2*1-8(13(14)15)11-5-3-9-7-10(16-2)4-6-12(9)11;/h2*4,6-8,11H,3,5H2,1-2H3,(H,14,15);1H4/t2*8-,11-;/m10./s1. The van der Waals surface area contributed by atoms with Gasteiger partial charge in [0.15, 0.2) is 0 Å². The Balaban J connectivity index is 0.000000227. The average Bonchev–Trinajstić information content (AvgIpc) is 3.41. The van der Waals surface area contributed by atoms with Crippen LogP contribution in [-0.2, 0) is 22.4 Å². The molecule has 0 aromatic heterocycles. The first kappa shape index (κ1) is 26.2. The molecule has 4 rings (SSSR count). The summed E-state index contributed by atoms with van der Waals surface area (Å²) in [5.74, 6) is -0.0480. The van der Waals surface area contributed by atoms with Gasteiger partial charge >= 0.3 is 11.9 Å². The molecule has 0 aliphatic heterocycles. The molecule has 6 heteroatoms. The summed E-state index contributed by atoms with van der Waals surface area (Å²) >= 11 is 0. The van der Waals surface area contributed by atoms with Crippen molar-refractivity contribution < 1.29 is 29.3 Å². The van der Waals surface area contributed by atoms with Gasteiger partial charge in [-0.2, -0.15) is 0 Å². The van der Waals surface area contributed by atoms with Gasteiger partial charge in [-0.25, -0.2) is 0 Å². The van der Waals surface area contributed by atoms with E-state index in [1.807, 2.05) is 36.4 Å². The number of benzene rings is 2. The van der Waals surface area contributed by atoms with E-state index in [2.05, 4.69) is 0 Å². The van der Waals surface area contributed by atoms with E-state index >= 15 is 0 Å². The molecule has 2 aliphatic carbocycles. The molecule has 33 heavy (non-hydrogen) atoms. The molecule has 2 aliphatic rings. The lowest BCUT2D eigenvalue weighted by molar-refractivity contribution is -0.142. The number of fused-ring (bicyclic) bond motifs is 2. The van der Waals surface area contributed by atoms with Crippen molar-refractivity contribution in [1.29, 1.82) is 0 Å². The van der Waals surface area contributed by atoms with E-state index in [9.17, 15) is 9.59 Å². The summed E-state index contributed by atoms with van der Waals surface area (Å²) < 4.78 is 10.3. The van der Waals surface area contributed by atoms with Gasteiger partial charge in [0.25, 0.3) is 0 Å². The van der Waals surface area contributed by atoms with Crippen molar-refractivity contribution in [2.24, 2.45) is 11.8 Å². The molecular weight excluding hydrogens is 420 g/mol. The van der Waals surface area contributed by atoms with Gasteiger partial charge in [0.1, 0.15) is 11.5 Å². The number of methoxy groups -OCH3 is 2. The highest BCUT2D eigenvalue weighted by atomic mass is 16.5. The predicted octanol–water partition coefficient (Wildman–Crippen LogP) is 5.53. The normalized spacial score (nSPS) is 19.6. The number of ether oxygens (including phenoxy) is 2. The molecule has 180 valence electrons. The smallest absolute Gasteiger partial charge is 0.306 e. The van der Waals surface area contributed by atoms with Gasteiger partial charge in [-0.3, -0.25) is 9.59 Å². The summed E-state index contributed by atoms with van der Waals surface area (Å²) in [7, 11) is 3.29. The minimum atomic E-state index is -0.714. The molecule has 0 saturated heterocycles. The van der Waals surface area contributed by atoms with Gasteiger partial charge in [-0.05, 0) is 84.0 Å². The maximum absolute atomic E-state index is 11.0. The van der Waals surface area contributed by atoms with Gasteiger partial charge in [0.05, 0.1) is 26.1 Å². The lowest BCUT2D eigenvalue weighted by Gasteiger charge is -2.16. The molecule has 0 fully saturated rings. The Morgan fingerprint density at radius 1 is 0.788 bits per heavy atom. The first-order valence-corrected chi connectivity index (χ1v) is 11.1. The number of carbonyl (C=O) groups is 2. The highest BCUT2D eigenvalue weighted by Gasteiger charge is 2.32. The van der Waals surface area contributed by atoms with Crippen LogP contribution in [0.4, 0.5) is 0 Å². The second-order valence-electron chi connectivity index (χ2n) is 8.67. The second-order valence-corrected chi connectivity index (χ2v) is 8.67. The first-order chi connectivity index (χ1) is 15.3. The van der Waals surface area contributed by atoms with E-state index in [0.717, 1.165) is 37.2 Å². The average molecular weight is 457 g/mol. The fourth-order valence-corrected chi connectivity index (χ4v) is 4.89. The maximum atomic E-state index is 11.0. The topological polar surface area (TPSA) is 93.1 Å². The Hall–Kier alpha value is -3.02. The van der Waals surface area contributed by atoms with E-state index in [4.69, 9.17) is 19.7 Å². The highest BCUT2D eigenvalue weighted by molar-refractivity contribution is 5.72. The quantitative estimate of drug-likeness (QED) is 0.594. The number of hydrogen-bond donors (Lipinski definition) is 2. The lowest BCUT2D eigenvalue weighted by Crippen LogP contribution is -2.17. The SMILES string of the molecule is C.COc1ccc2c(c1)CC[C@@H]2[C@@H](C)C(=O)O.COc1ccc2c(c1)CC[C@H]2[C@H](C)C(=O)O. The largest absolute Gasteiger partial charge is 0.497 e. The zero-order valence-corrected chi connectivity index (χ0v) is 19.1. The molecule has 0 unspecified atom stereocenters. The molecule has 4 atom stereocenters. The van der Waals surface area contributed by atoms with Crippen LogP contribution in [0.1, 0.15) is 68.2 Å². The number of carboxylic acids is 2. The van der Waals surface area contributed by atoms with Crippen LogP contribution in [0.3, 0.4) is 0 Å². The highest BCUT2D eigenvalue weighted by Crippen LogP contribution is 2.40. The van der Waals surface area contributed by atoms with Crippen LogP contribution < -0.4 is 9.47 Å². The van der Waals surface area contributed by atoms with Crippen molar-refractivity contribution >= 4 is 11.9 Å². The lowest BCUT2D eigenvalue weighted by atomic mass is 9.89. The van der Waals surface area contributed by atoms with Gasteiger partial charge < -0.3 is 19.7 Å². The maximum Gasteiger partial charge on any atom is 0.306 e. The van der Waals surface area contributed by atoms with Crippen LogP contribution in [0.15, 0.2) is 36.4 Å². The molecule has 6 nitrogen and oxygen atoms in total. The summed E-state index contributed by atoms with van der Waals surface area (Å²) in [5, 5.41) is 18.1. The number of carboxylic acid groups (broad SMARTS) is 2. The van der Waals surface area contributed by atoms with Crippen LogP contribution >= 0.6 is 0 Å². The minimum absolute atomic E-state index is 0. The number of hydrogen-bond acceptors (Lipinski definition) is 4. The van der Waals surface area contributed by atoms with Crippen molar-refractivity contribution in [3.8, 4) is 11.5 Å². The summed E-state index contributed by atoms with van der Waals surface area (Å²) in [6.07, 6.45) is 3.76. The molecule has 0 spiro atoms. The van der Waals surface area contributed by atoms with Crippen molar-refractivity contribution in [3.05, 3.63) is 58.7 Å². The van der Waals surface area contributed by atoms with Crippen LogP contribution in [0.2, 0.25) is 0 Å². The molecule has 2 aromatic carbocycles.